The zero-order valence-corrected chi connectivity index (χ0v) is 18.6. The van der Waals surface area contributed by atoms with Gasteiger partial charge in [0, 0.05) is 36.8 Å². The van der Waals surface area contributed by atoms with Crippen LogP contribution in [0.1, 0.15) is 41.7 Å². The van der Waals surface area contributed by atoms with Crippen molar-refractivity contribution in [3.05, 3.63) is 78.4 Å². The Hall–Kier alpha value is -3.01. The van der Waals surface area contributed by atoms with Crippen LogP contribution in [-0.4, -0.2) is 43.1 Å². The number of rotatable bonds is 8. The molecule has 0 saturated carbocycles. The summed E-state index contributed by atoms with van der Waals surface area (Å²) in [4.78, 5) is 16.8. The number of carbonyl (C=O) groups excluding carboxylic acids is 1. The van der Waals surface area contributed by atoms with Crippen molar-refractivity contribution in [2.24, 2.45) is 0 Å². The number of amides is 1. The van der Waals surface area contributed by atoms with Gasteiger partial charge in [-0.1, -0.05) is 12.1 Å². The summed E-state index contributed by atoms with van der Waals surface area (Å²) in [5.74, 6) is -0.271. The number of ether oxygens (including phenoxy) is 1. The lowest BCUT2D eigenvalue weighted by Gasteiger charge is -2.15. The van der Waals surface area contributed by atoms with Crippen LogP contribution < -0.4 is 10.0 Å². The highest BCUT2D eigenvalue weighted by atomic mass is 32.2. The molecular formula is C23H26N4O4S. The fraction of sp³-hybridized carbons (Fsp3) is 0.304. The second-order valence-electron chi connectivity index (χ2n) is 7.77. The summed E-state index contributed by atoms with van der Waals surface area (Å²) in [7, 11) is -3.65. The quantitative estimate of drug-likeness (QED) is 0.545. The standard InChI is InChI=1S/C23H26N4O4S/c1-17(18-4-8-20(9-5-18)27-13-12-24-16-27)26-23(28)19-6-10-22(11-7-19)32(29,30)25-15-21-3-2-14-31-21/h4-13,16-17,21,25H,2-3,14-15H2,1H3,(H,26,28)/t17-,21-/m1/s1. The third kappa shape index (κ3) is 5.24. The van der Waals surface area contributed by atoms with Crippen molar-refractivity contribution in [2.75, 3.05) is 13.2 Å². The number of nitrogens with one attached hydrogen (secondary N) is 2. The molecule has 0 unspecified atom stereocenters. The Morgan fingerprint density at radius 1 is 1.19 bits per heavy atom. The normalized spacial score (nSPS) is 17.2. The first kappa shape index (κ1) is 22.2. The number of hydrogen-bond acceptors (Lipinski definition) is 5. The summed E-state index contributed by atoms with van der Waals surface area (Å²) >= 11 is 0. The molecule has 0 aliphatic carbocycles. The molecule has 4 rings (SSSR count). The van der Waals surface area contributed by atoms with Gasteiger partial charge in [0.2, 0.25) is 10.0 Å². The van der Waals surface area contributed by atoms with E-state index in [2.05, 4.69) is 15.0 Å². The first-order valence-electron chi connectivity index (χ1n) is 10.5. The highest BCUT2D eigenvalue weighted by Crippen LogP contribution is 2.18. The Balaban J connectivity index is 1.35. The maximum Gasteiger partial charge on any atom is 0.251 e. The molecule has 0 bridgehead atoms. The van der Waals surface area contributed by atoms with E-state index in [0.717, 1.165) is 24.1 Å². The fourth-order valence-electron chi connectivity index (χ4n) is 3.59. The van der Waals surface area contributed by atoms with Crippen LogP contribution in [0.25, 0.3) is 5.69 Å². The highest BCUT2D eigenvalue weighted by Gasteiger charge is 2.21. The minimum atomic E-state index is -3.65. The summed E-state index contributed by atoms with van der Waals surface area (Å²) in [6.45, 7) is 2.82. The third-order valence-corrected chi connectivity index (χ3v) is 6.93. The Kier molecular flexibility index (Phi) is 6.69. The van der Waals surface area contributed by atoms with Crippen LogP contribution in [0.15, 0.2) is 72.1 Å². The third-order valence-electron chi connectivity index (χ3n) is 5.50. The lowest BCUT2D eigenvalue weighted by molar-refractivity contribution is 0.0939. The highest BCUT2D eigenvalue weighted by molar-refractivity contribution is 7.89. The first-order chi connectivity index (χ1) is 15.4. The fourth-order valence-corrected chi connectivity index (χ4v) is 4.65. The number of nitrogens with zero attached hydrogens (tertiary/aromatic N) is 2. The van der Waals surface area contributed by atoms with Crippen LogP contribution >= 0.6 is 0 Å². The molecule has 32 heavy (non-hydrogen) atoms. The number of sulfonamides is 1. The number of aromatic nitrogens is 2. The lowest BCUT2D eigenvalue weighted by atomic mass is 10.1. The van der Waals surface area contributed by atoms with Gasteiger partial charge in [-0.15, -0.1) is 0 Å². The molecule has 168 valence electrons. The van der Waals surface area contributed by atoms with E-state index < -0.39 is 10.0 Å². The molecule has 0 radical (unpaired) electrons. The summed E-state index contributed by atoms with van der Waals surface area (Å²) in [5.41, 5.74) is 2.33. The molecule has 0 spiro atoms. The van der Waals surface area contributed by atoms with E-state index in [-0.39, 0.29) is 29.5 Å². The minimum absolute atomic E-state index is 0.0784. The van der Waals surface area contributed by atoms with Crippen molar-refractivity contribution in [3.8, 4) is 5.69 Å². The molecule has 2 atom stereocenters. The number of carbonyl (C=O) groups is 1. The molecule has 9 heteroatoms. The van der Waals surface area contributed by atoms with E-state index in [9.17, 15) is 13.2 Å². The van der Waals surface area contributed by atoms with Crippen LogP contribution in [-0.2, 0) is 14.8 Å². The SMILES string of the molecule is C[C@@H](NC(=O)c1ccc(S(=O)(=O)NC[C@H]2CCCO2)cc1)c1ccc(-n2ccnc2)cc1. The predicted molar refractivity (Wildman–Crippen MR) is 120 cm³/mol. The zero-order valence-electron chi connectivity index (χ0n) is 17.8. The Bertz CT molecular complexity index is 1140. The van der Waals surface area contributed by atoms with E-state index in [1.54, 1.807) is 12.5 Å². The second kappa shape index (κ2) is 9.64. The van der Waals surface area contributed by atoms with Crippen LogP contribution in [0.3, 0.4) is 0 Å². The molecule has 2 aromatic carbocycles. The first-order valence-corrected chi connectivity index (χ1v) is 12.0. The van der Waals surface area contributed by atoms with Crippen molar-refractivity contribution < 1.29 is 17.9 Å². The molecule has 2 heterocycles. The van der Waals surface area contributed by atoms with E-state index >= 15 is 0 Å². The number of benzene rings is 2. The van der Waals surface area contributed by atoms with Gasteiger partial charge in [-0.25, -0.2) is 18.1 Å². The molecule has 1 aromatic heterocycles. The molecule has 1 amide bonds. The lowest BCUT2D eigenvalue weighted by Crippen LogP contribution is -2.32. The van der Waals surface area contributed by atoms with Crippen LogP contribution in [0.2, 0.25) is 0 Å². The van der Waals surface area contributed by atoms with Crippen LogP contribution in [0.5, 0.6) is 0 Å². The van der Waals surface area contributed by atoms with Crippen molar-refractivity contribution in [1.29, 1.82) is 0 Å². The van der Waals surface area contributed by atoms with Crippen molar-refractivity contribution in [3.63, 3.8) is 0 Å². The van der Waals surface area contributed by atoms with Gasteiger partial charge in [0.25, 0.3) is 5.91 Å². The van der Waals surface area contributed by atoms with Gasteiger partial charge in [-0.2, -0.15) is 0 Å². The van der Waals surface area contributed by atoms with Gasteiger partial charge in [-0.05, 0) is 61.7 Å². The van der Waals surface area contributed by atoms with E-state index in [4.69, 9.17) is 4.74 Å². The van der Waals surface area contributed by atoms with Crippen molar-refractivity contribution in [2.45, 2.75) is 36.8 Å². The number of hydrogen-bond donors (Lipinski definition) is 2. The Morgan fingerprint density at radius 2 is 1.94 bits per heavy atom. The molecule has 1 fully saturated rings. The molecule has 1 saturated heterocycles. The maximum absolute atomic E-state index is 12.6. The summed E-state index contributed by atoms with van der Waals surface area (Å²) in [6.07, 6.45) is 7.03. The molecule has 8 nitrogen and oxygen atoms in total. The van der Waals surface area contributed by atoms with E-state index in [1.165, 1.54) is 24.3 Å². The Morgan fingerprint density at radius 3 is 2.56 bits per heavy atom. The van der Waals surface area contributed by atoms with Gasteiger partial charge in [0.05, 0.1) is 23.4 Å². The van der Waals surface area contributed by atoms with Gasteiger partial charge in [0.15, 0.2) is 0 Å². The van der Waals surface area contributed by atoms with Gasteiger partial charge in [0.1, 0.15) is 0 Å². The average molecular weight is 455 g/mol. The molecular weight excluding hydrogens is 428 g/mol. The van der Waals surface area contributed by atoms with E-state index in [0.29, 0.717) is 12.2 Å². The monoisotopic (exact) mass is 454 g/mol. The topological polar surface area (TPSA) is 102 Å². The summed E-state index contributed by atoms with van der Waals surface area (Å²) in [6, 6.07) is 13.5. The van der Waals surface area contributed by atoms with Gasteiger partial charge < -0.3 is 14.6 Å². The summed E-state index contributed by atoms with van der Waals surface area (Å²) < 4.78 is 34.9. The smallest absolute Gasteiger partial charge is 0.251 e. The molecule has 3 aromatic rings. The van der Waals surface area contributed by atoms with E-state index in [1.807, 2.05) is 42.0 Å². The van der Waals surface area contributed by atoms with Crippen molar-refractivity contribution in [1.82, 2.24) is 19.6 Å². The van der Waals surface area contributed by atoms with Gasteiger partial charge in [-0.3, -0.25) is 4.79 Å². The maximum atomic E-state index is 12.6. The van der Waals surface area contributed by atoms with Crippen molar-refractivity contribution >= 4 is 15.9 Å². The predicted octanol–water partition coefficient (Wildman–Crippen LogP) is 2.82. The largest absolute Gasteiger partial charge is 0.377 e. The molecule has 2 N–H and O–H groups in total. The summed E-state index contributed by atoms with van der Waals surface area (Å²) in [5, 5.41) is 2.95. The van der Waals surface area contributed by atoms with Crippen LogP contribution in [0.4, 0.5) is 0 Å². The van der Waals surface area contributed by atoms with Gasteiger partial charge >= 0.3 is 0 Å². The van der Waals surface area contributed by atoms with Crippen LogP contribution in [0, 0.1) is 0 Å². The zero-order chi connectivity index (χ0) is 22.6. The Labute approximate surface area is 187 Å². The number of imidazole rings is 1. The molecule has 1 aliphatic rings. The second-order valence-corrected chi connectivity index (χ2v) is 9.53. The minimum Gasteiger partial charge on any atom is -0.377 e. The molecule has 1 aliphatic heterocycles. The average Bonchev–Trinajstić information content (AvgIpc) is 3.52.